The Morgan fingerprint density at radius 1 is 1.00 bits per heavy atom. The zero-order chi connectivity index (χ0) is 14.2. The fourth-order valence-electron chi connectivity index (χ4n) is 1.74. The third kappa shape index (κ3) is 4.24. The van der Waals surface area contributed by atoms with E-state index in [0.29, 0.717) is 13.2 Å². The van der Waals surface area contributed by atoms with E-state index in [1.54, 1.807) is 6.20 Å². The van der Waals surface area contributed by atoms with Crippen LogP contribution in [-0.2, 0) is 0 Å². The van der Waals surface area contributed by atoms with Gasteiger partial charge in [-0.2, -0.15) is 0 Å². The van der Waals surface area contributed by atoms with E-state index in [1.807, 2.05) is 49.4 Å². The molecule has 0 fully saturated rings. The summed E-state index contributed by atoms with van der Waals surface area (Å²) in [5.41, 5.74) is 6.80. The van der Waals surface area contributed by atoms with E-state index >= 15 is 0 Å². The van der Waals surface area contributed by atoms with Gasteiger partial charge in [-0.3, -0.25) is 4.98 Å². The summed E-state index contributed by atoms with van der Waals surface area (Å²) in [6.45, 7) is 3.02. The molecule has 0 spiro atoms. The van der Waals surface area contributed by atoms with E-state index in [9.17, 15) is 0 Å². The third-order valence-corrected chi connectivity index (χ3v) is 2.94. The maximum absolute atomic E-state index is 5.91. The molecule has 0 bridgehead atoms. The minimum absolute atomic E-state index is 0.00883. The molecule has 0 aliphatic rings. The third-order valence-electron chi connectivity index (χ3n) is 2.94. The van der Waals surface area contributed by atoms with Gasteiger partial charge in [-0.25, -0.2) is 0 Å². The van der Waals surface area contributed by atoms with Crippen molar-refractivity contribution in [2.24, 2.45) is 5.73 Å². The number of rotatable bonds is 7. The summed E-state index contributed by atoms with van der Waals surface area (Å²) in [5.74, 6) is 1.58. The molecular weight excluding hydrogens is 252 g/mol. The molecule has 1 heterocycles. The molecular formula is C16H20N2O2. The van der Waals surface area contributed by atoms with Gasteiger partial charge in [0.05, 0.1) is 11.9 Å². The lowest BCUT2D eigenvalue weighted by molar-refractivity contribution is 0.216. The van der Waals surface area contributed by atoms with Gasteiger partial charge in [0.15, 0.2) is 0 Å². The largest absolute Gasteiger partial charge is 0.490 e. The average Bonchev–Trinajstić information content (AvgIpc) is 2.52. The molecule has 4 heteroatoms. The van der Waals surface area contributed by atoms with Crippen LogP contribution in [0.1, 0.15) is 25.1 Å². The monoisotopic (exact) mass is 272 g/mol. The number of hydrogen-bond acceptors (Lipinski definition) is 4. The Kier molecular flexibility index (Phi) is 5.38. The van der Waals surface area contributed by atoms with Crippen LogP contribution in [0.5, 0.6) is 11.5 Å². The highest BCUT2D eigenvalue weighted by Crippen LogP contribution is 2.15. The van der Waals surface area contributed by atoms with Crippen LogP contribution >= 0.6 is 0 Å². The molecule has 0 aliphatic heterocycles. The van der Waals surface area contributed by atoms with Crippen LogP contribution in [0.15, 0.2) is 48.7 Å². The van der Waals surface area contributed by atoms with E-state index in [1.165, 1.54) is 0 Å². The Morgan fingerprint density at radius 2 is 1.70 bits per heavy atom. The van der Waals surface area contributed by atoms with Crippen LogP contribution in [0, 0.1) is 0 Å². The van der Waals surface area contributed by atoms with Gasteiger partial charge in [-0.05, 0) is 30.7 Å². The van der Waals surface area contributed by atoms with E-state index in [0.717, 1.165) is 23.6 Å². The summed E-state index contributed by atoms with van der Waals surface area (Å²) in [5, 5.41) is 0. The molecule has 0 radical (unpaired) electrons. The molecule has 2 aromatic rings. The Labute approximate surface area is 119 Å². The van der Waals surface area contributed by atoms with E-state index in [2.05, 4.69) is 4.98 Å². The molecule has 0 saturated heterocycles. The van der Waals surface area contributed by atoms with E-state index in [-0.39, 0.29) is 6.04 Å². The van der Waals surface area contributed by atoms with Crippen LogP contribution in [0.25, 0.3) is 0 Å². The summed E-state index contributed by atoms with van der Waals surface area (Å²) in [4.78, 5) is 4.30. The zero-order valence-electron chi connectivity index (χ0n) is 11.7. The molecule has 2 N–H and O–H groups in total. The molecule has 0 unspecified atom stereocenters. The van der Waals surface area contributed by atoms with Crippen LogP contribution in [0.4, 0.5) is 0 Å². The second-order valence-corrected chi connectivity index (χ2v) is 4.44. The molecule has 0 saturated carbocycles. The van der Waals surface area contributed by atoms with E-state index in [4.69, 9.17) is 15.2 Å². The first-order chi connectivity index (χ1) is 9.79. The fourth-order valence-corrected chi connectivity index (χ4v) is 1.74. The number of aromatic nitrogens is 1. The second kappa shape index (κ2) is 7.50. The SMILES string of the molecule is CC[C@H](N)c1ccc(OCCOc2ccccc2)cn1. The van der Waals surface area contributed by atoms with Crippen molar-refractivity contribution in [2.45, 2.75) is 19.4 Å². The quantitative estimate of drug-likeness (QED) is 0.787. The first kappa shape index (κ1) is 14.3. The van der Waals surface area contributed by atoms with Gasteiger partial charge in [0, 0.05) is 6.04 Å². The molecule has 1 aromatic heterocycles. The van der Waals surface area contributed by atoms with Crippen molar-refractivity contribution in [2.75, 3.05) is 13.2 Å². The van der Waals surface area contributed by atoms with Gasteiger partial charge in [0.25, 0.3) is 0 Å². The van der Waals surface area contributed by atoms with Crippen LogP contribution in [0.3, 0.4) is 0 Å². The lowest BCUT2D eigenvalue weighted by Gasteiger charge is -2.10. The summed E-state index contributed by atoms with van der Waals surface area (Å²) in [7, 11) is 0. The number of benzene rings is 1. The van der Waals surface area contributed by atoms with Crippen molar-refractivity contribution >= 4 is 0 Å². The average molecular weight is 272 g/mol. The van der Waals surface area contributed by atoms with Gasteiger partial charge in [0.1, 0.15) is 24.7 Å². The normalized spacial score (nSPS) is 11.9. The Hall–Kier alpha value is -2.07. The number of pyridine rings is 1. The fraction of sp³-hybridized carbons (Fsp3) is 0.312. The van der Waals surface area contributed by atoms with Crippen LogP contribution in [0.2, 0.25) is 0 Å². The molecule has 0 aliphatic carbocycles. The molecule has 1 atom stereocenters. The topological polar surface area (TPSA) is 57.4 Å². The molecule has 20 heavy (non-hydrogen) atoms. The maximum atomic E-state index is 5.91. The molecule has 4 nitrogen and oxygen atoms in total. The first-order valence-electron chi connectivity index (χ1n) is 6.81. The minimum Gasteiger partial charge on any atom is -0.490 e. The van der Waals surface area contributed by atoms with Crippen LogP contribution < -0.4 is 15.2 Å². The molecule has 0 amide bonds. The highest BCUT2D eigenvalue weighted by molar-refractivity contribution is 5.22. The lowest BCUT2D eigenvalue weighted by Crippen LogP contribution is -2.11. The standard InChI is InChI=1S/C16H20N2O2/c1-2-15(17)16-9-8-14(12-18-16)20-11-10-19-13-6-4-3-5-7-13/h3-9,12,15H,2,10-11,17H2,1H3/t15-/m0/s1. The zero-order valence-corrected chi connectivity index (χ0v) is 11.7. The Morgan fingerprint density at radius 3 is 2.30 bits per heavy atom. The van der Waals surface area contributed by atoms with Gasteiger partial charge in [0.2, 0.25) is 0 Å². The Balaban J connectivity index is 1.74. The first-order valence-corrected chi connectivity index (χ1v) is 6.81. The number of ether oxygens (including phenoxy) is 2. The Bertz CT molecular complexity index is 500. The maximum Gasteiger partial charge on any atom is 0.137 e. The van der Waals surface area contributed by atoms with Crippen LogP contribution in [-0.4, -0.2) is 18.2 Å². The van der Waals surface area contributed by atoms with Gasteiger partial charge in [-0.15, -0.1) is 0 Å². The van der Waals surface area contributed by atoms with Crippen molar-refractivity contribution in [1.29, 1.82) is 0 Å². The second-order valence-electron chi connectivity index (χ2n) is 4.44. The molecule has 2 rings (SSSR count). The summed E-state index contributed by atoms with van der Waals surface area (Å²) in [6.07, 6.45) is 2.57. The van der Waals surface area contributed by atoms with Crippen molar-refractivity contribution in [3.63, 3.8) is 0 Å². The number of nitrogens with two attached hydrogens (primary N) is 1. The van der Waals surface area contributed by atoms with E-state index < -0.39 is 0 Å². The molecule has 1 aromatic carbocycles. The number of nitrogens with zero attached hydrogens (tertiary/aromatic N) is 1. The number of para-hydroxylation sites is 1. The van der Waals surface area contributed by atoms with Crippen molar-refractivity contribution < 1.29 is 9.47 Å². The van der Waals surface area contributed by atoms with Crippen molar-refractivity contribution in [1.82, 2.24) is 4.98 Å². The predicted octanol–water partition coefficient (Wildman–Crippen LogP) is 2.95. The number of hydrogen-bond donors (Lipinski definition) is 1. The molecule has 106 valence electrons. The minimum atomic E-state index is -0.00883. The van der Waals surface area contributed by atoms with Gasteiger partial charge < -0.3 is 15.2 Å². The lowest BCUT2D eigenvalue weighted by atomic mass is 10.1. The van der Waals surface area contributed by atoms with Gasteiger partial charge in [-0.1, -0.05) is 25.1 Å². The summed E-state index contributed by atoms with van der Waals surface area (Å²) in [6, 6.07) is 13.5. The van der Waals surface area contributed by atoms with Gasteiger partial charge >= 0.3 is 0 Å². The summed E-state index contributed by atoms with van der Waals surface area (Å²) >= 11 is 0. The summed E-state index contributed by atoms with van der Waals surface area (Å²) < 4.78 is 11.1. The van der Waals surface area contributed by atoms with Crippen molar-refractivity contribution in [3.8, 4) is 11.5 Å². The van der Waals surface area contributed by atoms with Crippen molar-refractivity contribution in [3.05, 3.63) is 54.4 Å². The highest BCUT2D eigenvalue weighted by Gasteiger charge is 2.04. The predicted molar refractivity (Wildman–Crippen MR) is 78.9 cm³/mol. The smallest absolute Gasteiger partial charge is 0.137 e. The highest BCUT2D eigenvalue weighted by atomic mass is 16.5.